The first-order chi connectivity index (χ1) is 16.8. The van der Waals surface area contributed by atoms with E-state index < -0.39 is 6.04 Å². The molecule has 1 unspecified atom stereocenters. The van der Waals surface area contributed by atoms with E-state index in [1.165, 1.54) is 12.1 Å². The maximum Gasteiger partial charge on any atom is 0.326 e. The molecule has 0 fully saturated rings. The molecule has 6 nitrogen and oxygen atoms in total. The number of carbonyl (C=O) groups excluding carboxylic acids is 1. The Hall–Kier alpha value is -3.97. The third-order valence-corrected chi connectivity index (χ3v) is 6.44. The number of nitrogens with one attached hydrogen (secondary N) is 1. The summed E-state index contributed by atoms with van der Waals surface area (Å²) in [6.45, 7) is 5.91. The van der Waals surface area contributed by atoms with E-state index >= 15 is 0 Å². The van der Waals surface area contributed by atoms with Gasteiger partial charge in [0.1, 0.15) is 5.82 Å². The van der Waals surface area contributed by atoms with Gasteiger partial charge in [-0.2, -0.15) is 4.98 Å². The molecule has 3 aromatic carbocycles. The maximum atomic E-state index is 13.4. The zero-order valence-electron chi connectivity index (χ0n) is 19.3. The molecule has 35 heavy (non-hydrogen) atoms. The Morgan fingerprint density at radius 3 is 2.37 bits per heavy atom. The van der Waals surface area contributed by atoms with Gasteiger partial charge in [-0.15, -0.1) is 0 Å². The minimum atomic E-state index is -0.508. The van der Waals surface area contributed by atoms with Gasteiger partial charge in [0, 0.05) is 16.3 Å². The molecular weight excluding hydrogens is 467 g/mol. The van der Waals surface area contributed by atoms with Crippen molar-refractivity contribution in [1.82, 2.24) is 15.5 Å². The second kappa shape index (κ2) is 9.00. The number of nitrogens with zero attached hydrogens (tertiary/aromatic N) is 3. The smallest absolute Gasteiger partial charge is 0.326 e. The number of allylic oxidation sites excluding steroid dienone is 1. The molecule has 2 amide bonds. The molecule has 1 atom stereocenters. The fraction of sp³-hybridized carbons (Fsp3) is 0.148. The first-order valence-corrected chi connectivity index (χ1v) is 11.4. The van der Waals surface area contributed by atoms with Crippen molar-refractivity contribution in [2.75, 3.05) is 4.90 Å². The molecule has 1 N–H and O–H groups in total. The van der Waals surface area contributed by atoms with Crippen LogP contribution in [-0.4, -0.2) is 16.2 Å². The van der Waals surface area contributed by atoms with Crippen LogP contribution in [0.4, 0.5) is 14.9 Å². The number of aryl methyl sites for hydroxylation is 2. The topological polar surface area (TPSA) is 71.3 Å². The number of halogens is 2. The molecular formula is C27H22ClFN4O2. The number of hydrogen-bond donors (Lipinski definition) is 1. The van der Waals surface area contributed by atoms with E-state index in [-0.39, 0.29) is 17.7 Å². The summed E-state index contributed by atoms with van der Waals surface area (Å²) in [4.78, 5) is 19.5. The van der Waals surface area contributed by atoms with E-state index in [2.05, 4.69) is 15.5 Å². The van der Waals surface area contributed by atoms with Gasteiger partial charge in [-0.25, -0.2) is 9.18 Å². The average Bonchev–Trinajstić information content (AvgIpc) is 3.32. The predicted molar refractivity (Wildman–Crippen MR) is 133 cm³/mol. The lowest BCUT2D eigenvalue weighted by atomic mass is 9.92. The standard InChI is InChI=1S/C27H22ClFN4O2/c1-15-4-5-19(14-16(15)2)24-23(26-31-25(32-35-26)18-6-10-21(29)11-7-18)17(3)33(27(34)30-24)22-12-8-20(28)9-13-22/h4-14,24H,1-3H3,(H,30,34). The number of amides is 2. The van der Waals surface area contributed by atoms with Crippen LogP contribution in [0.5, 0.6) is 0 Å². The summed E-state index contributed by atoms with van der Waals surface area (Å²) < 4.78 is 19.1. The first kappa shape index (κ1) is 22.8. The van der Waals surface area contributed by atoms with Gasteiger partial charge >= 0.3 is 6.03 Å². The van der Waals surface area contributed by atoms with Crippen LogP contribution in [0.15, 0.2) is 77.0 Å². The van der Waals surface area contributed by atoms with Crippen LogP contribution in [-0.2, 0) is 0 Å². The minimum absolute atomic E-state index is 0.268. The molecule has 1 aromatic heterocycles. The third-order valence-electron chi connectivity index (χ3n) is 6.19. The second-order valence-electron chi connectivity index (χ2n) is 8.47. The van der Waals surface area contributed by atoms with Gasteiger partial charge in [0.05, 0.1) is 17.3 Å². The Morgan fingerprint density at radius 1 is 0.971 bits per heavy atom. The number of carbonyl (C=O) groups is 1. The molecule has 2 heterocycles. The zero-order valence-corrected chi connectivity index (χ0v) is 20.1. The molecule has 5 rings (SSSR count). The average molecular weight is 489 g/mol. The molecule has 0 spiro atoms. The van der Waals surface area contributed by atoms with Crippen molar-refractivity contribution in [2.24, 2.45) is 0 Å². The van der Waals surface area contributed by atoms with Crippen LogP contribution < -0.4 is 10.2 Å². The third kappa shape index (κ3) is 4.31. The second-order valence-corrected chi connectivity index (χ2v) is 8.90. The normalized spacial score (nSPS) is 16.0. The van der Waals surface area contributed by atoms with Gasteiger partial charge in [-0.1, -0.05) is 35.0 Å². The van der Waals surface area contributed by atoms with Gasteiger partial charge in [-0.05, 0) is 86.0 Å². The van der Waals surface area contributed by atoms with Crippen LogP contribution in [0.1, 0.15) is 35.5 Å². The molecule has 0 aliphatic carbocycles. The largest absolute Gasteiger partial charge is 0.334 e. The first-order valence-electron chi connectivity index (χ1n) is 11.1. The fourth-order valence-corrected chi connectivity index (χ4v) is 4.29. The molecule has 1 aliphatic heterocycles. The number of aromatic nitrogens is 2. The van der Waals surface area contributed by atoms with Crippen molar-refractivity contribution >= 4 is 28.9 Å². The highest BCUT2D eigenvalue weighted by atomic mass is 35.5. The predicted octanol–water partition coefficient (Wildman–Crippen LogP) is 6.85. The lowest BCUT2D eigenvalue weighted by Crippen LogP contribution is -2.46. The van der Waals surface area contributed by atoms with Crippen LogP contribution in [0.3, 0.4) is 0 Å². The van der Waals surface area contributed by atoms with Gasteiger partial charge in [0.15, 0.2) is 0 Å². The summed E-state index contributed by atoms with van der Waals surface area (Å²) in [5, 5.41) is 7.79. The quantitative estimate of drug-likeness (QED) is 0.341. The van der Waals surface area contributed by atoms with Crippen LogP contribution >= 0.6 is 11.6 Å². The van der Waals surface area contributed by atoms with Crippen molar-refractivity contribution in [2.45, 2.75) is 26.8 Å². The Labute approximate surface area is 207 Å². The molecule has 4 aromatic rings. The van der Waals surface area contributed by atoms with Crippen molar-refractivity contribution in [3.05, 3.63) is 106 Å². The molecule has 8 heteroatoms. The number of urea groups is 1. The molecule has 0 radical (unpaired) electrons. The Kier molecular flexibility index (Phi) is 5.86. The summed E-state index contributed by atoms with van der Waals surface area (Å²) in [6.07, 6.45) is 0. The van der Waals surface area contributed by atoms with Gasteiger partial charge in [-0.3, -0.25) is 4.90 Å². The zero-order chi connectivity index (χ0) is 24.7. The summed E-state index contributed by atoms with van der Waals surface area (Å²) >= 11 is 6.06. The van der Waals surface area contributed by atoms with E-state index in [0.29, 0.717) is 33.4 Å². The molecule has 176 valence electrons. The van der Waals surface area contributed by atoms with Gasteiger partial charge in [0.2, 0.25) is 5.82 Å². The van der Waals surface area contributed by atoms with E-state index in [1.54, 1.807) is 41.3 Å². The van der Waals surface area contributed by atoms with E-state index in [4.69, 9.17) is 16.1 Å². The van der Waals surface area contributed by atoms with Crippen molar-refractivity contribution in [3.8, 4) is 11.4 Å². The number of hydrogen-bond acceptors (Lipinski definition) is 4. The van der Waals surface area contributed by atoms with Crippen molar-refractivity contribution < 1.29 is 13.7 Å². The highest BCUT2D eigenvalue weighted by Gasteiger charge is 2.36. The number of benzene rings is 3. The summed E-state index contributed by atoms with van der Waals surface area (Å²) in [6, 6.07) is 18.1. The Morgan fingerprint density at radius 2 is 1.69 bits per heavy atom. The summed E-state index contributed by atoms with van der Waals surface area (Å²) in [7, 11) is 0. The molecule has 1 aliphatic rings. The summed E-state index contributed by atoms with van der Waals surface area (Å²) in [5.41, 5.74) is 5.74. The number of rotatable bonds is 4. The molecule has 0 saturated heterocycles. The Balaban J connectivity index is 1.66. The lowest BCUT2D eigenvalue weighted by molar-refractivity contribution is 0.244. The maximum absolute atomic E-state index is 13.4. The fourth-order valence-electron chi connectivity index (χ4n) is 4.16. The van der Waals surface area contributed by atoms with Crippen molar-refractivity contribution in [1.29, 1.82) is 0 Å². The van der Waals surface area contributed by atoms with Crippen LogP contribution in [0.25, 0.3) is 17.0 Å². The van der Waals surface area contributed by atoms with E-state index in [0.717, 1.165) is 16.7 Å². The van der Waals surface area contributed by atoms with E-state index in [1.807, 2.05) is 39.0 Å². The molecule has 0 bridgehead atoms. The van der Waals surface area contributed by atoms with Gasteiger partial charge in [0.25, 0.3) is 5.89 Å². The lowest BCUT2D eigenvalue weighted by Gasteiger charge is -2.35. The van der Waals surface area contributed by atoms with Crippen LogP contribution in [0.2, 0.25) is 5.02 Å². The van der Waals surface area contributed by atoms with E-state index in [9.17, 15) is 9.18 Å². The molecule has 0 saturated carbocycles. The van der Waals surface area contributed by atoms with Gasteiger partial charge < -0.3 is 9.84 Å². The highest BCUT2D eigenvalue weighted by molar-refractivity contribution is 6.30. The van der Waals surface area contributed by atoms with Crippen molar-refractivity contribution in [3.63, 3.8) is 0 Å². The minimum Gasteiger partial charge on any atom is -0.334 e. The van der Waals surface area contributed by atoms with Crippen LogP contribution in [0, 0.1) is 19.7 Å². The highest BCUT2D eigenvalue weighted by Crippen LogP contribution is 2.39. The summed E-state index contributed by atoms with van der Waals surface area (Å²) in [5.74, 6) is 0.248. The monoisotopic (exact) mass is 488 g/mol. The SMILES string of the molecule is CC1=C(c2nc(-c3ccc(F)cc3)no2)C(c2ccc(C)c(C)c2)NC(=O)N1c1ccc(Cl)cc1. The Bertz CT molecular complexity index is 1450. The number of anilines is 1.